The van der Waals surface area contributed by atoms with Crippen molar-refractivity contribution in [2.75, 3.05) is 12.3 Å². The lowest BCUT2D eigenvalue weighted by atomic mass is 10.3. The molecule has 0 aliphatic rings. The van der Waals surface area contributed by atoms with E-state index in [1.165, 1.54) is 12.8 Å². The van der Waals surface area contributed by atoms with Crippen molar-refractivity contribution < 1.29 is 4.74 Å². The van der Waals surface area contributed by atoms with Gasteiger partial charge in [-0.05, 0) is 27.2 Å². The number of hydrogen-bond donors (Lipinski definition) is 1. The van der Waals surface area contributed by atoms with Crippen molar-refractivity contribution >= 4 is 5.69 Å². The van der Waals surface area contributed by atoms with Gasteiger partial charge in [0.1, 0.15) is 5.69 Å². The fourth-order valence-electron chi connectivity index (χ4n) is 1.55. The predicted octanol–water partition coefficient (Wildman–Crippen LogP) is 2.92. The molecule has 16 heavy (non-hydrogen) atoms. The molecular formula is C12H23N3O. The van der Waals surface area contributed by atoms with Gasteiger partial charge in [-0.15, -0.1) is 0 Å². The molecule has 0 saturated heterocycles. The number of unbranched alkanes of at least 4 members (excludes halogenated alkanes) is 2. The molecule has 4 nitrogen and oxygen atoms in total. The van der Waals surface area contributed by atoms with Crippen LogP contribution in [-0.4, -0.2) is 16.4 Å². The highest BCUT2D eigenvalue weighted by molar-refractivity contribution is 5.52. The maximum absolute atomic E-state index is 5.95. The lowest BCUT2D eigenvalue weighted by Crippen LogP contribution is -2.09. The van der Waals surface area contributed by atoms with Crippen molar-refractivity contribution in [1.82, 2.24) is 9.78 Å². The van der Waals surface area contributed by atoms with Crippen molar-refractivity contribution in [3.05, 3.63) is 5.69 Å². The van der Waals surface area contributed by atoms with Crippen LogP contribution in [0, 0.1) is 6.92 Å². The number of aromatic nitrogens is 2. The van der Waals surface area contributed by atoms with E-state index in [0.29, 0.717) is 5.69 Å². The molecule has 0 aromatic carbocycles. The minimum atomic E-state index is 0.275. The van der Waals surface area contributed by atoms with Crippen LogP contribution in [0.5, 0.6) is 5.88 Å². The highest BCUT2D eigenvalue weighted by Gasteiger charge is 2.15. The number of nitrogens with two attached hydrogens (primary N) is 1. The van der Waals surface area contributed by atoms with E-state index in [9.17, 15) is 0 Å². The SMILES string of the molecule is CCCCCOc1c(N)c(C)nn1C(C)C. The molecule has 1 rings (SSSR count). The summed E-state index contributed by atoms with van der Waals surface area (Å²) in [6.07, 6.45) is 3.45. The summed E-state index contributed by atoms with van der Waals surface area (Å²) in [6, 6.07) is 0.275. The molecule has 0 spiro atoms. The molecule has 1 heterocycles. The van der Waals surface area contributed by atoms with E-state index in [2.05, 4.69) is 25.9 Å². The van der Waals surface area contributed by atoms with Gasteiger partial charge in [-0.1, -0.05) is 19.8 Å². The molecule has 0 saturated carbocycles. The molecule has 0 aliphatic carbocycles. The zero-order valence-electron chi connectivity index (χ0n) is 10.8. The molecule has 0 radical (unpaired) electrons. The first kappa shape index (κ1) is 12.9. The summed E-state index contributed by atoms with van der Waals surface area (Å²) >= 11 is 0. The Morgan fingerprint density at radius 1 is 1.38 bits per heavy atom. The van der Waals surface area contributed by atoms with Crippen molar-refractivity contribution in [3.63, 3.8) is 0 Å². The van der Waals surface area contributed by atoms with E-state index < -0.39 is 0 Å². The molecular weight excluding hydrogens is 202 g/mol. The van der Waals surface area contributed by atoms with Gasteiger partial charge in [-0.25, -0.2) is 4.68 Å². The minimum Gasteiger partial charge on any atom is -0.476 e. The Bertz CT molecular complexity index is 331. The number of rotatable bonds is 6. The quantitative estimate of drug-likeness (QED) is 0.757. The number of nitrogen functional groups attached to an aromatic ring is 1. The van der Waals surface area contributed by atoms with Gasteiger partial charge in [0.05, 0.1) is 18.3 Å². The normalized spacial score (nSPS) is 11.1. The highest BCUT2D eigenvalue weighted by atomic mass is 16.5. The molecule has 2 N–H and O–H groups in total. The smallest absolute Gasteiger partial charge is 0.236 e. The first-order chi connectivity index (χ1) is 7.57. The number of ether oxygens (including phenoxy) is 1. The van der Waals surface area contributed by atoms with Crippen LogP contribution >= 0.6 is 0 Å². The number of nitrogens with zero attached hydrogens (tertiary/aromatic N) is 2. The summed E-state index contributed by atoms with van der Waals surface area (Å²) in [5.74, 6) is 0.726. The Hall–Kier alpha value is -1.19. The average Bonchev–Trinajstić information content (AvgIpc) is 2.52. The van der Waals surface area contributed by atoms with Crippen molar-refractivity contribution in [3.8, 4) is 5.88 Å². The van der Waals surface area contributed by atoms with Crippen molar-refractivity contribution in [1.29, 1.82) is 0 Å². The van der Waals surface area contributed by atoms with E-state index >= 15 is 0 Å². The maximum atomic E-state index is 5.95. The summed E-state index contributed by atoms with van der Waals surface area (Å²) in [5, 5.41) is 4.38. The molecule has 0 unspecified atom stereocenters. The van der Waals surface area contributed by atoms with Crippen LogP contribution in [0.2, 0.25) is 0 Å². The van der Waals surface area contributed by atoms with Crippen molar-refractivity contribution in [2.24, 2.45) is 0 Å². The highest BCUT2D eigenvalue weighted by Crippen LogP contribution is 2.27. The minimum absolute atomic E-state index is 0.275. The maximum Gasteiger partial charge on any atom is 0.236 e. The lowest BCUT2D eigenvalue weighted by molar-refractivity contribution is 0.269. The van der Waals surface area contributed by atoms with Gasteiger partial charge < -0.3 is 10.5 Å². The van der Waals surface area contributed by atoms with Crippen LogP contribution in [0.1, 0.15) is 51.8 Å². The molecule has 1 aromatic rings. The summed E-state index contributed by atoms with van der Waals surface area (Å²) < 4.78 is 7.59. The van der Waals surface area contributed by atoms with Gasteiger partial charge in [-0.3, -0.25) is 0 Å². The Kier molecular flexibility index (Phi) is 4.65. The van der Waals surface area contributed by atoms with Crippen molar-refractivity contribution in [2.45, 2.75) is 53.0 Å². The third-order valence-corrected chi connectivity index (χ3v) is 2.56. The second kappa shape index (κ2) is 5.77. The standard InChI is InChI=1S/C12H23N3O/c1-5-6-7-8-16-12-11(13)10(4)14-15(12)9(2)3/h9H,5-8,13H2,1-4H3. The van der Waals surface area contributed by atoms with Crippen LogP contribution in [0.4, 0.5) is 5.69 Å². The first-order valence-electron chi connectivity index (χ1n) is 6.05. The lowest BCUT2D eigenvalue weighted by Gasteiger charge is -2.12. The Morgan fingerprint density at radius 2 is 2.06 bits per heavy atom. The fraction of sp³-hybridized carbons (Fsp3) is 0.750. The van der Waals surface area contributed by atoms with Gasteiger partial charge in [0.25, 0.3) is 0 Å². The molecule has 92 valence electrons. The predicted molar refractivity (Wildman–Crippen MR) is 66.8 cm³/mol. The number of aryl methyl sites for hydroxylation is 1. The Labute approximate surface area is 97.8 Å². The zero-order valence-corrected chi connectivity index (χ0v) is 10.8. The molecule has 1 aromatic heterocycles. The number of anilines is 1. The summed E-state index contributed by atoms with van der Waals surface area (Å²) in [7, 11) is 0. The number of hydrogen-bond acceptors (Lipinski definition) is 3. The van der Waals surface area contributed by atoms with Crippen LogP contribution in [-0.2, 0) is 0 Å². The average molecular weight is 225 g/mol. The third kappa shape index (κ3) is 2.90. The largest absolute Gasteiger partial charge is 0.476 e. The topological polar surface area (TPSA) is 53.1 Å². The van der Waals surface area contributed by atoms with E-state index in [0.717, 1.165) is 24.6 Å². The van der Waals surface area contributed by atoms with E-state index in [-0.39, 0.29) is 6.04 Å². The molecule has 0 fully saturated rings. The van der Waals surface area contributed by atoms with Gasteiger partial charge in [0.2, 0.25) is 5.88 Å². The van der Waals surface area contributed by atoms with Gasteiger partial charge in [-0.2, -0.15) is 5.10 Å². The second-order valence-electron chi connectivity index (χ2n) is 4.40. The summed E-state index contributed by atoms with van der Waals surface area (Å²) in [5.41, 5.74) is 7.47. The van der Waals surface area contributed by atoms with E-state index in [1.54, 1.807) is 0 Å². The molecule has 0 amide bonds. The van der Waals surface area contributed by atoms with Gasteiger partial charge in [0, 0.05) is 0 Å². The van der Waals surface area contributed by atoms with Gasteiger partial charge >= 0.3 is 0 Å². The first-order valence-corrected chi connectivity index (χ1v) is 6.05. The summed E-state index contributed by atoms with van der Waals surface area (Å²) in [6.45, 7) is 8.95. The molecule has 0 atom stereocenters. The Balaban J connectivity index is 2.69. The monoisotopic (exact) mass is 225 g/mol. The summed E-state index contributed by atoms with van der Waals surface area (Å²) in [4.78, 5) is 0. The Morgan fingerprint density at radius 3 is 2.62 bits per heavy atom. The zero-order chi connectivity index (χ0) is 12.1. The molecule has 0 bridgehead atoms. The van der Waals surface area contributed by atoms with Crippen LogP contribution < -0.4 is 10.5 Å². The van der Waals surface area contributed by atoms with Crippen LogP contribution in [0.3, 0.4) is 0 Å². The second-order valence-corrected chi connectivity index (χ2v) is 4.40. The van der Waals surface area contributed by atoms with Crippen LogP contribution in [0.15, 0.2) is 0 Å². The third-order valence-electron chi connectivity index (χ3n) is 2.56. The molecule has 4 heteroatoms. The van der Waals surface area contributed by atoms with Gasteiger partial charge in [0.15, 0.2) is 0 Å². The molecule has 0 aliphatic heterocycles. The van der Waals surface area contributed by atoms with Crippen LogP contribution in [0.25, 0.3) is 0 Å². The fourth-order valence-corrected chi connectivity index (χ4v) is 1.55. The van der Waals surface area contributed by atoms with E-state index in [4.69, 9.17) is 10.5 Å². The van der Waals surface area contributed by atoms with E-state index in [1.807, 2.05) is 11.6 Å².